The van der Waals surface area contributed by atoms with Crippen LogP contribution in [0.5, 0.6) is 5.75 Å². The summed E-state index contributed by atoms with van der Waals surface area (Å²) in [5, 5.41) is 3.42. The maximum absolute atomic E-state index is 5.74. The van der Waals surface area contributed by atoms with Crippen LogP contribution in [0, 0.1) is 11.8 Å². The minimum atomic E-state index is 0.693. The summed E-state index contributed by atoms with van der Waals surface area (Å²) in [6.45, 7) is 9.65. The number of rotatable bonds is 8. The van der Waals surface area contributed by atoms with Crippen molar-refractivity contribution in [2.45, 2.75) is 27.2 Å². The van der Waals surface area contributed by atoms with Crippen molar-refractivity contribution < 1.29 is 4.74 Å². The molecular formula is C15H25NO. The molecule has 1 aromatic rings. The fourth-order valence-corrected chi connectivity index (χ4v) is 1.85. The van der Waals surface area contributed by atoms with E-state index < -0.39 is 0 Å². The van der Waals surface area contributed by atoms with Crippen LogP contribution < -0.4 is 10.1 Å². The Balaban J connectivity index is 2.27. The van der Waals surface area contributed by atoms with Gasteiger partial charge in [-0.05, 0) is 43.5 Å². The van der Waals surface area contributed by atoms with Gasteiger partial charge in [-0.25, -0.2) is 0 Å². The molecule has 0 aromatic heterocycles. The Morgan fingerprint density at radius 3 is 2.47 bits per heavy atom. The van der Waals surface area contributed by atoms with E-state index in [0.29, 0.717) is 11.8 Å². The molecule has 1 rings (SSSR count). The van der Waals surface area contributed by atoms with E-state index in [1.807, 2.05) is 30.3 Å². The molecule has 96 valence electrons. The number of ether oxygens (including phenoxy) is 1. The van der Waals surface area contributed by atoms with Gasteiger partial charge in [0.25, 0.3) is 0 Å². The van der Waals surface area contributed by atoms with Gasteiger partial charge < -0.3 is 10.1 Å². The van der Waals surface area contributed by atoms with Crippen LogP contribution in [0.4, 0.5) is 0 Å². The zero-order chi connectivity index (χ0) is 12.5. The Hall–Kier alpha value is -1.02. The number of hydrogen-bond acceptors (Lipinski definition) is 2. The highest BCUT2D eigenvalue weighted by molar-refractivity contribution is 5.20. The molecule has 0 saturated carbocycles. The van der Waals surface area contributed by atoms with Gasteiger partial charge >= 0.3 is 0 Å². The second kappa shape index (κ2) is 8.13. The van der Waals surface area contributed by atoms with Crippen LogP contribution >= 0.6 is 0 Å². The van der Waals surface area contributed by atoms with Gasteiger partial charge in [0.15, 0.2) is 0 Å². The van der Waals surface area contributed by atoms with Gasteiger partial charge in [0.1, 0.15) is 5.75 Å². The molecule has 1 N–H and O–H groups in total. The average molecular weight is 235 g/mol. The molecule has 0 fully saturated rings. The van der Waals surface area contributed by atoms with Crippen LogP contribution in [0.25, 0.3) is 0 Å². The molecule has 0 aliphatic heterocycles. The van der Waals surface area contributed by atoms with Crippen LogP contribution in [0.2, 0.25) is 0 Å². The van der Waals surface area contributed by atoms with Gasteiger partial charge in [-0.3, -0.25) is 0 Å². The maximum atomic E-state index is 5.74. The predicted molar refractivity (Wildman–Crippen MR) is 73.4 cm³/mol. The second-order valence-electron chi connectivity index (χ2n) is 4.76. The van der Waals surface area contributed by atoms with Gasteiger partial charge in [0.2, 0.25) is 0 Å². The summed E-state index contributed by atoms with van der Waals surface area (Å²) in [5.74, 6) is 2.37. The van der Waals surface area contributed by atoms with E-state index >= 15 is 0 Å². The molecule has 2 heteroatoms. The van der Waals surface area contributed by atoms with E-state index in [1.54, 1.807) is 0 Å². The van der Waals surface area contributed by atoms with Gasteiger partial charge in [-0.1, -0.05) is 39.0 Å². The third kappa shape index (κ3) is 5.73. The minimum absolute atomic E-state index is 0.693. The van der Waals surface area contributed by atoms with Crippen LogP contribution in [-0.2, 0) is 0 Å². The molecule has 1 atom stereocenters. The zero-order valence-corrected chi connectivity index (χ0v) is 11.3. The fourth-order valence-electron chi connectivity index (χ4n) is 1.85. The summed E-state index contributed by atoms with van der Waals surface area (Å²) in [5.41, 5.74) is 0. The zero-order valence-electron chi connectivity index (χ0n) is 11.3. The van der Waals surface area contributed by atoms with Crippen molar-refractivity contribution in [1.29, 1.82) is 0 Å². The first-order valence-electron chi connectivity index (χ1n) is 6.62. The smallest absolute Gasteiger partial charge is 0.119 e. The standard InChI is InChI=1S/C15H25NO/c1-4-16-12-14(13(2)3)10-11-17-15-8-6-5-7-9-15/h5-9,13-14,16H,4,10-12H2,1-3H3. The van der Waals surface area contributed by atoms with Gasteiger partial charge in [0.05, 0.1) is 6.61 Å². The Morgan fingerprint density at radius 2 is 1.88 bits per heavy atom. The lowest BCUT2D eigenvalue weighted by Gasteiger charge is -2.21. The third-order valence-corrected chi connectivity index (χ3v) is 3.10. The Bertz CT molecular complexity index is 284. The lowest BCUT2D eigenvalue weighted by atomic mass is 9.93. The summed E-state index contributed by atoms with van der Waals surface area (Å²) in [6, 6.07) is 10.0. The molecule has 0 spiro atoms. The molecule has 0 bridgehead atoms. The van der Waals surface area contributed by atoms with E-state index in [9.17, 15) is 0 Å². The van der Waals surface area contributed by atoms with E-state index in [4.69, 9.17) is 4.74 Å². The monoisotopic (exact) mass is 235 g/mol. The Morgan fingerprint density at radius 1 is 1.18 bits per heavy atom. The van der Waals surface area contributed by atoms with E-state index in [0.717, 1.165) is 31.9 Å². The van der Waals surface area contributed by atoms with Gasteiger partial charge in [0, 0.05) is 0 Å². The molecule has 0 heterocycles. The normalized spacial score (nSPS) is 12.7. The van der Waals surface area contributed by atoms with Crippen molar-refractivity contribution >= 4 is 0 Å². The van der Waals surface area contributed by atoms with Crippen LogP contribution in [0.15, 0.2) is 30.3 Å². The topological polar surface area (TPSA) is 21.3 Å². The van der Waals surface area contributed by atoms with E-state index in [1.165, 1.54) is 0 Å². The summed E-state index contributed by atoms with van der Waals surface area (Å²) < 4.78 is 5.74. The summed E-state index contributed by atoms with van der Waals surface area (Å²) in [7, 11) is 0. The SMILES string of the molecule is CCNCC(CCOc1ccccc1)C(C)C. The van der Waals surface area contributed by atoms with Crippen molar-refractivity contribution in [3.05, 3.63) is 30.3 Å². The van der Waals surface area contributed by atoms with Crippen molar-refractivity contribution in [1.82, 2.24) is 5.32 Å². The molecular weight excluding hydrogens is 210 g/mol. The minimum Gasteiger partial charge on any atom is -0.494 e. The van der Waals surface area contributed by atoms with Crippen molar-refractivity contribution in [2.24, 2.45) is 11.8 Å². The highest BCUT2D eigenvalue weighted by Crippen LogP contribution is 2.16. The van der Waals surface area contributed by atoms with Crippen molar-refractivity contribution in [3.63, 3.8) is 0 Å². The molecule has 1 aromatic carbocycles. The molecule has 0 amide bonds. The van der Waals surface area contributed by atoms with Crippen LogP contribution in [-0.4, -0.2) is 19.7 Å². The second-order valence-corrected chi connectivity index (χ2v) is 4.76. The summed E-state index contributed by atoms with van der Waals surface area (Å²) in [6.07, 6.45) is 1.11. The fraction of sp³-hybridized carbons (Fsp3) is 0.600. The van der Waals surface area contributed by atoms with Gasteiger partial charge in [-0.15, -0.1) is 0 Å². The first-order chi connectivity index (χ1) is 8.24. The quantitative estimate of drug-likeness (QED) is 0.746. The maximum Gasteiger partial charge on any atom is 0.119 e. The predicted octanol–water partition coefficient (Wildman–Crippen LogP) is 3.34. The molecule has 0 saturated heterocycles. The van der Waals surface area contributed by atoms with Crippen molar-refractivity contribution in [2.75, 3.05) is 19.7 Å². The third-order valence-electron chi connectivity index (χ3n) is 3.10. The lowest BCUT2D eigenvalue weighted by Crippen LogP contribution is -2.27. The molecule has 0 aliphatic rings. The first kappa shape index (κ1) is 14.0. The van der Waals surface area contributed by atoms with E-state index in [-0.39, 0.29) is 0 Å². The largest absolute Gasteiger partial charge is 0.494 e. The number of hydrogen-bond donors (Lipinski definition) is 1. The molecule has 1 unspecified atom stereocenters. The molecule has 17 heavy (non-hydrogen) atoms. The summed E-state index contributed by atoms with van der Waals surface area (Å²) in [4.78, 5) is 0. The van der Waals surface area contributed by atoms with Crippen LogP contribution in [0.1, 0.15) is 27.2 Å². The summed E-state index contributed by atoms with van der Waals surface area (Å²) >= 11 is 0. The lowest BCUT2D eigenvalue weighted by molar-refractivity contribution is 0.244. The molecule has 2 nitrogen and oxygen atoms in total. The highest BCUT2D eigenvalue weighted by atomic mass is 16.5. The van der Waals surface area contributed by atoms with Gasteiger partial charge in [-0.2, -0.15) is 0 Å². The average Bonchev–Trinajstić information content (AvgIpc) is 2.34. The number of nitrogens with one attached hydrogen (secondary N) is 1. The van der Waals surface area contributed by atoms with Crippen molar-refractivity contribution in [3.8, 4) is 5.75 Å². The van der Waals surface area contributed by atoms with Crippen LogP contribution in [0.3, 0.4) is 0 Å². The number of benzene rings is 1. The Labute approximate surface area is 105 Å². The highest BCUT2D eigenvalue weighted by Gasteiger charge is 2.12. The Kier molecular flexibility index (Phi) is 6.71. The number of para-hydroxylation sites is 1. The molecule has 0 aliphatic carbocycles. The first-order valence-corrected chi connectivity index (χ1v) is 6.62. The van der Waals surface area contributed by atoms with E-state index in [2.05, 4.69) is 26.1 Å². The molecule has 0 radical (unpaired) electrons.